The van der Waals surface area contributed by atoms with Crippen LogP contribution in [0.2, 0.25) is 0 Å². The Bertz CT molecular complexity index is 975. The zero-order chi connectivity index (χ0) is 20.2. The van der Waals surface area contributed by atoms with Gasteiger partial charge in [0.1, 0.15) is 0 Å². The van der Waals surface area contributed by atoms with Gasteiger partial charge in [-0.05, 0) is 37.1 Å². The first-order valence-electron chi connectivity index (χ1n) is 10.1. The Balaban J connectivity index is 1.35. The Morgan fingerprint density at radius 1 is 0.862 bits per heavy atom. The van der Waals surface area contributed by atoms with Crippen LogP contribution in [0.15, 0.2) is 60.7 Å². The molecule has 29 heavy (non-hydrogen) atoms. The number of anilines is 1. The predicted octanol–water partition coefficient (Wildman–Crippen LogP) is 3.65. The predicted molar refractivity (Wildman–Crippen MR) is 116 cm³/mol. The van der Waals surface area contributed by atoms with E-state index >= 15 is 0 Å². The van der Waals surface area contributed by atoms with Crippen LogP contribution in [0.5, 0.6) is 0 Å². The number of amides is 1. The normalized spacial score (nSPS) is 14.1. The van der Waals surface area contributed by atoms with Crippen molar-refractivity contribution in [2.24, 2.45) is 0 Å². The molecule has 0 unspecified atom stereocenters. The minimum Gasteiger partial charge on any atom is -0.352 e. The highest BCUT2D eigenvalue weighted by molar-refractivity contribution is 5.79. The molecule has 0 spiro atoms. The summed E-state index contributed by atoms with van der Waals surface area (Å²) in [4.78, 5) is 16.8. The van der Waals surface area contributed by atoms with Gasteiger partial charge in [-0.1, -0.05) is 54.1 Å². The number of benzene rings is 2. The van der Waals surface area contributed by atoms with Crippen LogP contribution < -0.4 is 4.90 Å². The molecule has 3 aromatic rings. The molecule has 0 bridgehead atoms. The fraction of sp³-hybridized carbons (Fsp3) is 0.292. The Kier molecular flexibility index (Phi) is 5.56. The number of carbonyl (C=O) groups is 1. The van der Waals surface area contributed by atoms with Crippen molar-refractivity contribution in [3.63, 3.8) is 0 Å². The Morgan fingerprint density at radius 2 is 1.59 bits per heavy atom. The maximum atomic E-state index is 12.6. The molecule has 0 radical (unpaired) electrons. The molecule has 2 heterocycles. The van der Waals surface area contributed by atoms with Crippen molar-refractivity contribution >= 4 is 11.7 Å². The zero-order valence-corrected chi connectivity index (χ0v) is 17.0. The standard InChI is InChI=1S/C24H26N4O/c1-18-7-9-20(10-8-18)17-24(29)28-15-13-27(14-16-28)23-12-11-22(25-26-23)21-6-4-3-5-19(21)2/h3-12H,13-17H2,1-2H3. The molecule has 0 atom stereocenters. The van der Waals surface area contributed by atoms with Gasteiger partial charge in [0, 0.05) is 31.7 Å². The highest BCUT2D eigenvalue weighted by Gasteiger charge is 2.22. The molecule has 2 aromatic carbocycles. The van der Waals surface area contributed by atoms with E-state index in [-0.39, 0.29) is 5.91 Å². The molecule has 0 aliphatic carbocycles. The first kappa shape index (κ1) is 19.1. The molecule has 1 aliphatic heterocycles. The van der Waals surface area contributed by atoms with Gasteiger partial charge in [0.15, 0.2) is 5.82 Å². The molecule has 5 nitrogen and oxygen atoms in total. The summed E-state index contributed by atoms with van der Waals surface area (Å²) in [5, 5.41) is 8.87. The van der Waals surface area contributed by atoms with Gasteiger partial charge in [0.25, 0.3) is 0 Å². The van der Waals surface area contributed by atoms with Crippen molar-refractivity contribution in [1.82, 2.24) is 15.1 Å². The summed E-state index contributed by atoms with van der Waals surface area (Å²) in [5.41, 5.74) is 5.47. The monoisotopic (exact) mass is 386 g/mol. The van der Waals surface area contributed by atoms with Gasteiger partial charge in [-0.25, -0.2) is 0 Å². The zero-order valence-electron chi connectivity index (χ0n) is 17.0. The smallest absolute Gasteiger partial charge is 0.227 e. The molecule has 1 amide bonds. The summed E-state index contributed by atoms with van der Waals surface area (Å²) in [5.74, 6) is 1.06. The van der Waals surface area contributed by atoms with Crippen molar-refractivity contribution in [2.45, 2.75) is 20.3 Å². The summed E-state index contributed by atoms with van der Waals surface area (Å²) in [6, 6.07) is 20.4. The molecule has 5 heteroatoms. The number of carbonyl (C=O) groups excluding carboxylic acids is 1. The highest BCUT2D eigenvalue weighted by atomic mass is 16.2. The van der Waals surface area contributed by atoms with Gasteiger partial charge < -0.3 is 9.80 Å². The maximum absolute atomic E-state index is 12.6. The van der Waals surface area contributed by atoms with Crippen LogP contribution in [-0.2, 0) is 11.2 Å². The van der Waals surface area contributed by atoms with Crippen molar-refractivity contribution in [3.05, 3.63) is 77.4 Å². The fourth-order valence-electron chi connectivity index (χ4n) is 3.68. The van der Waals surface area contributed by atoms with Gasteiger partial charge in [-0.2, -0.15) is 0 Å². The third kappa shape index (κ3) is 4.45. The number of nitrogens with zero attached hydrogens (tertiary/aromatic N) is 4. The quantitative estimate of drug-likeness (QED) is 0.687. The molecule has 1 fully saturated rings. The number of hydrogen-bond donors (Lipinski definition) is 0. The van der Waals surface area contributed by atoms with Crippen LogP contribution >= 0.6 is 0 Å². The summed E-state index contributed by atoms with van der Waals surface area (Å²) >= 11 is 0. The van der Waals surface area contributed by atoms with E-state index in [0.717, 1.165) is 35.7 Å². The molecule has 148 valence electrons. The summed E-state index contributed by atoms with van der Waals surface area (Å²) < 4.78 is 0. The second kappa shape index (κ2) is 8.43. The van der Waals surface area contributed by atoms with Crippen LogP contribution in [0, 0.1) is 13.8 Å². The average molecular weight is 386 g/mol. The minimum atomic E-state index is 0.189. The van der Waals surface area contributed by atoms with E-state index < -0.39 is 0 Å². The summed E-state index contributed by atoms with van der Waals surface area (Å²) in [6.07, 6.45) is 0.464. The molecule has 0 N–H and O–H groups in total. The lowest BCUT2D eigenvalue weighted by Gasteiger charge is -2.35. The van der Waals surface area contributed by atoms with E-state index in [1.807, 2.05) is 41.3 Å². The Hall–Kier alpha value is -3.21. The first-order chi connectivity index (χ1) is 14.1. The third-order valence-electron chi connectivity index (χ3n) is 5.50. The first-order valence-corrected chi connectivity index (χ1v) is 10.1. The van der Waals surface area contributed by atoms with Crippen LogP contribution in [0.1, 0.15) is 16.7 Å². The SMILES string of the molecule is Cc1ccc(CC(=O)N2CCN(c3ccc(-c4ccccc4C)nn3)CC2)cc1. The topological polar surface area (TPSA) is 49.3 Å². The second-order valence-electron chi connectivity index (χ2n) is 7.62. The van der Waals surface area contributed by atoms with Gasteiger partial charge in [-0.3, -0.25) is 4.79 Å². The number of piperazine rings is 1. The van der Waals surface area contributed by atoms with E-state index in [1.54, 1.807) is 0 Å². The van der Waals surface area contributed by atoms with Crippen molar-refractivity contribution in [3.8, 4) is 11.3 Å². The maximum Gasteiger partial charge on any atom is 0.227 e. The van der Waals surface area contributed by atoms with Gasteiger partial charge in [0.05, 0.1) is 12.1 Å². The summed E-state index contributed by atoms with van der Waals surface area (Å²) in [7, 11) is 0. The number of rotatable bonds is 4. The van der Waals surface area contributed by atoms with Gasteiger partial charge >= 0.3 is 0 Å². The number of hydrogen-bond acceptors (Lipinski definition) is 4. The summed E-state index contributed by atoms with van der Waals surface area (Å²) in [6.45, 7) is 7.12. The fourth-order valence-corrected chi connectivity index (χ4v) is 3.68. The van der Waals surface area contributed by atoms with E-state index in [4.69, 9.17) is 0 Å². The second-order valence-corrected chi connectivity index (χ2v) is 7.62. The van der Waals surface area contributed by atoms with Crippen LogP contribution in [0.4, 0.5) is 5.82 Å². The molecular formula is C24H26N4O. The number of aromatic nitrogens is 2. The molecule has 1 aliphatic rings. The van der Waals surface area contributed by atoms with Gasteiger partial charge in [-0.15, -0.1) is 10.2 Å². The van der Waals surface area contributed by atoms with Crippen LogP contribution in [0.25, 0.3) is 11.3 Å². The third-order valence-corrected chi connectivity index (χ3v) is 5.50. The molecule has 0 saturated carbocycles. The number of aryl methyl sites for hydroxylation is 2. The highest BCUT2D eigenvalue weighted by Crippen LogP contribution is 2.22. The lowest BCUT2D eigenvalue weighted by Crippen LogP contribution is -2.49. The molecular weight excluding hydrogens is 360 g/mol. The Morgan fingerprint density at radius 3 is 2.24 bits per heavy atom. The van der Waals surface area contributed by atoms with E-state index in [0.29, 0.717) is 19.5 Å². The van der Waals surface area contributed by atoms with Crippen molar-refractivity contribution in [2.75, 3.05) is 31.1 Å². The average Bonchev–Trinajstić information content (AvgIpc) is 2.76. The minimum absolute atomic E-state index is 0.189. The van der Waals surface area contributed by atoms with Gasteiger partial charge in [0.2, 0.25) is 5.91 Å². The van der Waals surface area contributed by atoms with E-state index in [1.165, 1.54) is 11.1 Å². The van der Waals surface area contributed by atoms with Crippen molar-refractivity contribution in [1.29, 1.82) is 0 Å². The molecule has 4 rings (SSSR count). The van der Waals surface area contributed by atoms with E-state index in [9.17, 15) is 4.79 Å². The van der Waals surface area contributed by atoms with Crippen LogP contribution in [-0.4, -0.2) is 47.2 Å². The lowest BCUT2D eigenvalue weighted by atomic mass is 10.1. The van der Waals surface area contributed by atoms with Crippen molar-refractivity contribution < 1.29 is 4.79 Å². The Labute approximate surface area is 172 Å². The molecule has 1 aromatic heterocycles. The molecule has 1 saturated heterocycles. The van der Waals surface area contributed by atoms with Crippen LogP contribution in [0.3, 0.4) is 0 Å². The van der Waals surface area contributed by atoms with E-state index in [2.05, 4.69) is 53.2 Å². The largest absolute Gasteiger partial charge is 0.352 e. The lowest BCUT2D eigenvalue weighted by molar-refractivity contribution is -0.130.